The van der Waals surface area contributed by atoms with E-state index in [2.05, 4.69) is 0 Å². The molecule has 4 heteroatoms. The van der Waals surface area contributed by atoms with Crippen molar-refractivity contribution in [3.05, 3.63) is 0 Å². The zero-order chi connectivity index (χ0) is 9.23. The van der Waals surface area contributed by atoms with Crippen LogP contribution >= 0.6 is 0 Å². The molecule has 0 aromatic rings. The molecule has 0 unspecified atom stereocenters. The number of aliphatic hydroxyl groups is 1. The lowest BCUT2D eigenvalue weighted by Crippen LogP contribution is -2.39. The molecule has 0 radical (unpaired) electrons. The van der Waals surface area contributed by atoms with Gasteiger partial charge in [0.25, 0.3) is 0 Å². The molecule has 0 spiro atoms. The second kappa shape index (κ2) is 2.64. The lowest BCUT2D eigenvalue weighted by atomic mass is 10.2. The SMILES string of the molecule is [2H]C([2H])([2H])[C@@H](O)[C@H](N)C(=O)O. The van der Waals surface area contributed by atoms with Gasteiger partial charge >= 0.3 is 5.97 Å². The van der Waals surface area contributed by atoms with E-state index in [4.69, 9.17) is 20.1 Å². The Morgan fingerprint density at radius 1 is 2.00 bits per heavy atom. The molecule has 0 heterocycles. The Hall–Kier alpha value is -0.610. The summed E-state index contributed by atoms with van der Waals surface area (Å²) < 4.78 is 19.8. The summed E-state index contributed by atoms with van der Waals surface area (Å²) in [5.41, 5.74) is 4.84. The Labute approximate surface area is 51.1 Å². The molecule has 4 N–H and O–H groups in total. The molecule has 0 aliphatic heterocycles. The molecule has 0 bridgehead atoms. The highest BCUT2D eigenvalue weighted by molar-refractivity contribution is 5.73. The van der Waals surface area contributed by atoms with Crippen LogP contribution in [0.15, 0.2) is 0 Å². The minimum absolute atomic E-state index is 1.53. The van der Waals surface area contributed by atoms with Gasteiger partial charge in [0.2, 0.25) is 0 Å². The predicted molar refractivity (Wildman–Crippen MR) is 27.3 cm³/mol. The lowest BCUT2D eigenvalue weighted by molar-refractivity contribution is -0.140. The Morgan fingerprint density at radius 3 is 2.62 bits per heavy atom. The van der Waals surface area contributed by atoms with E-state index in [1.54, 1.807) is 0 Å². The number of hydrogen-bond donors (Lipinski definition) is 3. The highest BCUT2D eigenvalue weighted by Crippen LogP contribution is 1.85. The molecule has 0 aromatic heterocycles. The van der Waals surface area contributed by atoms with E-state index in [-0.39, 0.29) is 0 Å². The lowest BCUT2D eigenvalue weighted by Gasteiger charge is -2.06. The van der Waals surface area contributed by atoms with Crippen molar-refractivity contribution < 1.29 is 19.1 Å². The minimum Gasteiger partial charge on any atom is -0.480 e. The molecular formula is C4H9NO3. The average molecular weight is 122 g/mol. The van der Waals surface area contributed by atoms with E-state index in [0.717, 1.165) is 0 Å². The minimum atomic E-state index is -2.74. The second-order valence-corrected chi connectivity index (χ2v) is 1.31. The van der Waals surface area contributed by atoms with Gasteiger partial charge in [0, 0.05) is 4.11 Å². The first-order valence-electron chi connectivity index (χ1n) is 3.43. The first kappa shape index (κ1) is 3.42. The number of aliphatic hydroxyl groups excluding tert-OH is 1. The molecule has 0 aromatic carbocycles. The molecule has 48 valence electrons. The predicted octanol–water partition coefficient (Wildman–Crippen LogP) is -1.22. The Bertz CT molecular complexity index is 157. The summed E-state index contributed by atoms with van der Waals surface area (Å²) in [6, 6.07) is -1.76. The summed E-state index contributed by atoms with van der Waals surface area (Å²) in [7, 11) is 0. The van der Waals surface area contributed by atoms with Crippen molar-refractivity contribution in [2.45, 2.75) is 19.0 Å². The number of aliphatic carboxylic acids is 1. The van der Waals surface area contributed by atoms with Crippen LogP contribution in [0.2, 0.25) is 0 Å². The summed E-state index contributed by atoms with van der Waals surface area (Å²) >= 11 is 0. The highest BCUT2D eigenvalue weighted by atomic mass is 16.4. The van der Waals surface area contributed by atoms with Gasteiger partial charge in [-0.3, -0.25) is 4.79 Å². The van der Waals surface area contributed by atoms with E-state index in [1.807, 2.05) is 0 Å². The van der Waals surface area contributed by atoms with Gasteiger partial charge in [-0.05, 0) is 6.85 Å². The third-order valence-corrected chi connectivity index (χ3v) is 0.625. The van der Waals surface area contributed by atoms with Crippen LogP contribution in [-0.4, -0.2) is 28.3 Å². The van der Waals surface area contributed by atoms with Crippen LogP contribution < -0.4 is 5.73 Å². The molecule has 0 saturated carbocycles. The Morgan fingerprint density at radius 2 is 2.50 bits per heavy atom. The van der Waals surface area contributed by atoms with Crippen molar-refractivity contribution >= 4 is 5.97 Å². The number of nitrogens with two attached hydrogens (primary N) is 1. The first-order chi connectivity index (χ1) is 4.76. The van der Waals surface area contributed by atoms with E-state index < -0.39 is 25.0 Å². The maximum atomic E-state index is 10.1. The Kier molecular flexibility index (Phi) is 1.13. The van der Waals surface area contributed by atoms with Gasteiger partial charge in [-0.15, -0.1) is 0 Å². The van der Waals surface area contributed by atoms with Crippen molar-refractivity contribution in [3.63, 3.8) is 0 Å². The van der Waals surface area contributed by atoms with Crippen LogP contribution in [0, 0.1) is 0 Å². The van der Waals surface area contributed by atoms with Crippen molar-refractivity contribution in [2.24, 2.45) is 5.73 Å². The first-order valence-corrected chi connectivity index (χ1v) is 1.93. The number of carbonyl (C=O) groups is 1. The van der Waals surface area contributed by atoms with Gasteiger partial charge in [0.1, 0.15) is 6.04 Å². The van der Waals surface area contributed by atoms with Crippen LogP contribution in [0.1, 0.15) is 11.0 Å². The van der Waals surface area contributed by atoms with Gasteiger partial charge in [-0.25, -0.2) is 0 Å². The van der Waals surface area contributed by atoms with Crippen molar-refractivity contribution in [1.82, 2.24) is 0 Å². The normalized spacial score (nSPS) is 24.5. The van der Waals surface area contributed by atoms with Gasteiger partial charge in [0.15, 0.2) is 0 Å². The third-order valence-electron chi connectivity index (χ3n) is 0.625. The maximum absolute atomic E-state index is 10.1. The number of rotatable bonds is 2. The maximum Gasteiger partial charge on any atom is 0.323 e. The van der Waals surface area contributed by atoms with Crippen LogP contribution in [0.5, 0.6) is 0 Å². The number of carboxylic acid groups (broad SMARTS) is 1. The van der Waals surface area contributed by atoms with E-state index in [0.29, 0.717) is 0 Å². The van der Waals surface area contributed by atoms with Crippen molar-refractivity contribution in [1.29, 1.82) is 0 Å². The smallest absolute Gasteiger partial charge is 0.323 e. The van der Waals surface area contributed by atoms with E-state index in [1.165, 1.54) is 0 Å². The topological polar surface area (TPSA) is 83.5 Å². The van der Waals surface area contributed by atoms with Crippen molar-refractivity contribution in [2.75, 3.05) is 0 Å². The third kappa shape index (κ3) is 1.90. The second-order valence-electron chi connectivity index (χ2n) is 1.31. The number of carboxylic acids is 1. The summed E-state index contributed by atoms with van der Waals surface area (Å²) in [5.74, 6) is -1.53. The summed E-state index contributed by atoms with van der Waals surface area (Å²) in [5, 5.41) is 16.9. The average Bonchev–Trinajstić information content (AvgIpc) is 1.82. The molecule has 0 aliphatic carbocycles. The molecule has 0 saturated heterocycles. The van der Waals surface area contributed by atoms with Gasteiger partial charge in [-0.1, -0.05) is 0 Å². The van der Waals surface area contributed by atoms with Crippen molar-refractivity contribution in [3.8, 4) is 0 Å². The van der Waals surface area contributed by atoms with Gasteiger partial charge in [-0.2, -0.15) is 0 Å². The molecule has 2 atom stereocenters. The fraction of sp³-hybridized carbons (Fsp3) is 0.750. The van der Waals surface area contributed by atoms with Crippen LogP contribution in [0.25, 0.3) is 0 Å². The molecule has 0 amide bonds. The van der Waals surface area contributed by atoms with Gasteiger partial charge < -0.3 is 15.9 Å². The molecule has 0 fully saturated rings. The van der Waals surface area contributed by atoms with Crippen LogP contribution in [0.4, 0.5) is 0 Å². The van der Waals surface area contributed by atoms with Gasteiger partial charge in [0.05, 0.1) is 6.10 Å². The molecular weight excluding hydrogens is 110 g/mol. The number of hydrogen-bond acceptors (Lipinski definition) is 3. The quantitative estimate of drug-likeness (QED) is 0.428. The largest absolute Gasteiger partial charge is 0.480 e. The van der Waals surface area contributed by atoms with Crippen LogP contribution in [0.3, 0.4) is 0 Å². The summed E-state index contributed by atoms with van der Waals surface area (Å²) in [6.45, 7) is -2.74. The zero-order valence-electron chi connectivity index (χ0n) is 7.03. The van der Waals surface area contributed by atoms with E-state index in [9.17, 15) is 4.79 Å². The standard InChI is InChI=1S/C4H9NO3/c1-2(6)3(5)4(7)8/h2-3,6H,5H2,1H3,(H,7,8)/t2-,3+/m1/s1/i1D3. The van der Waals surface area contributed by atoms with E-state index >= 15 is 0 Å². The zero-order valence-corrected chi connectivity index (χ0v) is 4.03. The molecule has 0 aliphatic rings. The monoisotopic (exact) mass is 122 g/mol. The summed E-state index contributed by atoms with van der Waals surface area (Å²) in [6.07, 6.45) is -2.01. The Balaban J connectivity index is 4.25. The summed E-state index contributed by atoms with van der Waals surface area (Å²) in [4.78, 5) is 10.1. The molecule has 0 rings (SSSR count). The fourth-order valence-corrected chi connectivity index (χ4v) is 0.135. The van der Waals surface area contributed by atoms with Crippen LogP contribution in [-0.2, 0) is 4.79 Å². The molecule has 8 heavy (non-hydrogen) atoms. The molecule has 4 nitrogen and oxygen atoms in total. The highest BCUT2D eigenvalue weighted by Gasteiger charge is 2.16. The fourth-order valence-electron chi connectivity index (χ4n) is 0.135.